The van der Waals surface area contributed by atoms with Crippen LogP contribution in [0.4, 0.5) is 0 Å². The lowest BCUT2D eigenvalue weighted by atomic mass is 9.72. The van der Waals surface area contributed by atoms with Gasteiger partial charge in [0.25, 0.3) is 0 Å². The van der Waals surface area contributed by atoms with Crippen LogP contribution in [0.5, 0.6) is 0 Å². The van der Waals surface area contributed by atoms with Gasteiger partial charge in [-0.3, -0.25) is 4.90 Å². The van der Waals surface area contributed by atoms with Crippen molar-refractivity contribution in [2.75, 3.05) is 32.8 Å². The summed E-state index contributed by atoms with van der Waals surface area (Å²) in [5.74, 6) is 1.78. The summed E-state index contributed by atoms with van der Waals surface area (Å²) in [6.45, 7) is 18.7. The van der Waals surface area contributed by atoms with Crippen LogP contribution in [-0.2, 0) is 14.2 Å². The monoisotopic (exact) mass is 395 g/mol. The van der Waals surface area contributed by atoms with Gasteiger partial charge in [0.1, 0.15) is 0 Å². The molecule has 1 aliphatic heterocycles. The van der Waals surface area contributed by atoms with E-state index in [-0.39, 0.29) is 5.60 Å². The van der Waals surface area contributed by atoms with Crippen molar-refractivity contribution in [1.82, 2.24) is 4.90 Å². The van der Waals surface area contributed by atoms with Crippen molar-refractivity contribution in [2.45, 2.75) is 104 Å². The molecule has 1 saturated heterocycles. The number of hydrogen-bond donors (Lipinski definition) is 0. The average Bonchev–Trinajstić information content (AvgIpc) is 2.43. The van der Waals surface area contributed by atoms with Gasteiger partial charge in [-0.25, -0.2) is 0 Å². The Labute approximate surface area is 173 Å². The van der Waals surface area contributed by atoms with Gasteiger partial charge in [0.2, 0.25) is 0 Å². The second kappa shape index (κ2) is 9.32. The highest BCUT2D eigenvalue weighted by molar-refractivity contribution is 4.85. The van der Waals surface area contributed by atoms with Gasteiger partial charge in [0.05, 0.1) is 23.9 Å². The van der Waals surface area contributed by atoms with Crippen LogP contribution in [0.1, 0.15) is 80.1 Å². The molecule has 0 aromatic heterocycles. The van der Waals surface area contributed by atoms with Crippen LogP contribution >= 0.6 is 0 Å². The topological polar surface area (TPSA) is 30.9 Å². The second-order valence-electron chi connectivity index (χ2n) is 11.8. The fraction of sp³-hybridized carbons (Fsp3) is 1.00. The Hall–Kier alpha value is -0.160. The molecule has 0 aromatic carbocycles. The second-order valence-corrected chi connectivity index (χ2v) is 11.8. The van der Waals surface area contributed by atoms with Crippen LogP contribution < -0.4 is 0 Å². The van der Waals surface area contributed by atoms with Gasteiger partial charge in [0.15, 0.2) is 0 Å². The molecule has 0 aromatic rings. The Morgan fingerprint density at radius 3 is 1.75 bits per heavy atom. The Morgan fingerprint density at radius 1 is 0.714 bits per heavy atom. The molecular formula is C24H45NO3. The average molecular weight is 396 g/mol. The lowest BCUT2D eigenvalue weighted by Crippen LogP contribution is -2.54. The molecule has 3 fully saturated rings. The minimum Gasteiger partial charge on any atom is -0.378 e. The molecule has 2 saturated carbocycles. The van der Waals surface area contributed by atoms with Gasteiger partial charge < -0.3 is 14.2 Å². The third kappa shape index (κ3) is 7.59. The number of rotatable bonds is 10. The van der Waals surface area contributed by atoms with E-state index in [2.05, 4.69) is 46.4 Å². The molecule has 3 aliphatic rings. The summed E-state index contributed by atoms with van der Waals surface area (Å²) in [4.78, 5) is 2.52. The molecule has 0 bridgehead atoms. The van der Waals surface area contributed by atoms with E-state index < -0.39 is 0 Å². The first-order valence-corrected chi connectivity index (χ1v) is 11.7. The van der Waals surface area contributed by atoms with E-state index in [9.17, 15) is 0 Å². The highest BCUT2D eigenvalue weighted by Crippen LogP contribution is 2.39. The van der Waals surface area contributed by atoms with Gasteiger partial charge in [-0.15, -0.1) is 0 Å². The van der Waals surface area contributed by atoms with Gasteiger partial charge in [0, 0.05) is 32.8 Å². The van der Waals surface area contributed by atoms with Crippen LogP contribution in [0, 0.1) is 17.3 Å². The highest BCUT2D eigenvalue weighted by atomic mass is 16.5. The Morgan fingerprint density at radius 2 is 1.25 bits per heavy atom. The molecule has 2 aliphatic carbocycles. The van der Waals surface area contributed by atoms with Crippen LogP contribution in [0.2, 0.25) is 0 Å². The van der Waals surface area contributed by atoms with Crippen LogP contribution in [0.25, 0.3) is 0 Å². The summed E-state index contributed by atoms with van der Waals surface area (Å²) in [5, 5.41) is 0. The quantitative estimate of drug-likeness (QED) is 0.526. The number of likely N-dealkylation sites (tertiary alicyclic amines) is 1. The molecule has 0 N–H and O–H groups in total. The van der Waals surface area contributed by atoms with Crippen LogP contribution in [0.15, 0.2) is 0 Å². The summed E-state index contributed by atoms with van der Waals surface area (Å²) >= 11 is 0. The van der Waals surface area contributed by atoms with Gasteiger partial charge in [-0.1, -0.05) is 20.8 Å². The molecule has 0 atom stereocenters. The third-order valence-electron chi connectivity index (χ3n) is 6.29. The maximum absolute atomic E-state index is 6.07. The van der Waals surface area contributed by atoms with E-state index in [4.69, 9.17) is 14.2 Å². The largest absolute Gasteiger partial charge is 0.378 e. The zero-order chi connectivity index (χ0) is 20.4. The zero-order valence-corrected chi connectivity index (χ0v) is 19.3. The fourth-order valence-corrected chi connectivity index (χ4v) is 4.83. The first-order valence-electron chi connectivity index (χ1n) is 11.7. The molecule has 1 heterocycles. The standard InChI is InChI=1S/C24H45NO3/c1-23(2,3)17-25-15-22(16-25)27-10-8-19-11-18(12-19)7-9-26-20-13-21(14-20)28-24(4,5)6/h18-22H,7-17H2,1-6H3. The number of hydrogen-bond acceptors (Lipinski definition) is 4. The molecule has 0 unspecified atom stereocenters. The smallest absolute Gasteiger partial charge is 0.0828 e. The third-order valence-corrected chi connectivity index (χ3v) is 6.29. The van der Waals surface area contributed by atoms with E-state index in [1.165, 1.54) is 32.2 Å². The summed E-state index contributed by atoms with van der Waals surface area (Å²) in [6.07, 6.45) is 8.75. The molecule has 4 nitrogen and oxygen atoms in total. The van der Waals surface area contributed by atoms with Crippen molar-refractivity contribution in [3.05, 3.63) is 0 Å². The summed E-state index contributed by atoms with van der Waals surface area (Å²) < 4.78 is 18.1. The van der Waals surface area contributed by atoms with Crippen molar-refractivity contribution in [2.24, 2.45) is 17.3 Å². The maximum Gasteiger partial charge on any atom is 0.0828 e. The molecule has 0 radical (unpaired) electrons. The molecule has 0 spiro atoms. The van der Waals surface area contributed by atoms with Gasteiger partial charge >= 0.3 is 0 Å². The van der Waals surface area contributed by atoms with Gasteiger partial charge in [-0.2, -0.15) is 0 Å². The molecular weight excluding hydrogens is 350 g/mol. The Kier molecular flexibility index (Phi) is 7.50. The zero-order valence-electron chi connectivity index (χ0n) is 19.3. The minimum absolute atomic E-state index is 0.0231. The van der Waals surface area contributed by atoms with Gasteiger partial charge in [-0.05, 0) is 76.5 Å². The molecule has 3 rings (SSSR count). The molecule has 28 heavy (non-hydrogen) atoms. The van der Waals surface area contributed by atoms with Crippen molar-refractivity contribution in [3.8, 4) is 0 Å². The lowest BCUT2D eigenvalue weighted by Gasteiger charge is -2.43. The van der Waals surface area contributed by atoms with E-state index in [1.807, 2.05) is 0 Å². The predicted octanol–water partition coefficient (Wildman–Crippen LogP) is 4.90. The molecule has 0 amide bonds. The van der Waals surface area contributed by atoms with E-state index in [0.29, 0.717) is 23.7 Å². The number of ether oxygens (including phenoxy) is 3. The summed E-state index contributed by atoms with van der Waals surface area (Å²) in [7, 11) is 0. The normalized spacial score (nSPS) is 31.9. The van der Waals surface area contributed by atoms with Crippen molar-refractivity contribution in [3.63, 3.8) is 0 Å². The highest BCUT2D eigenvalue weighted by Gasteiger charge is 2.35. The number of nitrogens with zero attached hydrogens (tertiary/aromatic N) is 1. The maximum atomic E-state index is 6.07. The van der Waals surface area contributed by atoms with E-state index in [1.54, 1.807) is 0 Å². The fourth-order valence-electron chi connectivity index (χ4n) is 4.83. The first-order chi connectivity index (χ1) is 13.1. The summed E-state index contributed by atoms with van der Waals surface area (Å²) in [5.41, 5.74) is 0.376. The SMILES string of the molecule is CC(C)(C)CN1CC(OCCC2CC(CCOC3CC(OC(C)(C)C)C3)C2)C1. The van der Waals surface area contributed by atoms with E-state index >= 15 is 0 Å². The minimum atomic E-state index is -0.0231. The predicted molar refractivity (Wildman–Crippen MR) is 115 cm³/mol. The Balaban J connectivity index is 1.11. The summed E-state index contributed by atoms with van der Waals surface area (Å²) in [6, 6.07) is 0. The first kappa shape index (κ1) is 22.5. The van der Waals surface area contributed by atoms with Crippen molar-refractivity contribution >= 4 is 0 Å². The van der Waals surface area contributed by atoms with Crippen molar-refractivity contribution < 1.29 is 14.2 Å². The molecule has 4 heteroatoms. The lowest BCUT2D eigenvalue weighted by molar-refractivity contribution is -0.150. The molecule has 164 valence electrons. The van der Waals surface area contributed by atoms with Crippen LogP contribution in [0.3, 0.4) is 0 Å². The van der Waals surface area contributed by atoms with E-state index in [0.717, 1.165) is 51.0 Å². The van der Waals surface area contributed by atoms with Crippen molar-refractivity contribution in [1.29, 1.82) is 0 Å². The van der Waals surface area contributed by atoms with Crippen LogP contribution in [-0.4, -0.2) is 61.7 Å². The Bertz CT molecular complexity index is 421.